The molecule has 0 aliphatic carbocycles. The van der Waals surface area contributed by atoms with E-state index in [1.54, 1.807) is 6.92 Å². The quantitative estimate of drug-likeness (QED) is 0.745. The molecule has 2 atom stereocenters. The standard InChI is InChI=1S/C7H8Br2ClN3O3/c1-7(9,10)3(8)2-13-5(15)11-4(14)12-6(13)16/h3H,2H2,1H3,(H2,11,12,14,15,16)/t3-,7-/m0/s1. The largest absolute Gasteiger partial charge is 0.333 e. The number of aromatic amines is 2. The molecule has 0 saturated carbocycles. The van der Waals surface area contributed by atoms with Crippen LogP contribution in [0.15, 0.2) is 14.4 Å². The van der Waals surface area contributed by atoms with E-state index in [1.807, 2.05) is 9.97 Å². The summed E-state index contributed by atoms with van der Waals surface area (Å²) in [5.41, 5.74) is -2.37. The summed E-state index contributed by atoms with van der Waals surface area (Å²) < 4.78 is 0.0394. The molecule has 1 rings (SSSR count). The molecule has 6 nitrogen and oxygen atoms in total. The highest BCUT2D eigenvalue weighted by atomic mass is 79.9. The lowest BCUT2D eigenvalue weighted by atomic mass is 10.3. The van der Waals surface area contributed by atoms with Gasteiger partial charge in [0.1, 0.15) is 3.78 Å². The van der Waals surface area contributed by atoms with Gasteiger partial charge in [0.05, 0.1) is 4.83 Å². The van der Waals surface area contributed by atoms with E-state index in [1.165, 1.54) is 0 Å². The third-order valence-electron chi connectivity index (χ3n) is 1.82. The number of rotatable bonds is 3. The van der Waals surface area contributed by atoms with Crippen molar-refractivity contribution >= 4 is 43.5 Å². The molecule has 2 N–H and O–H groups in total. The van der Waals surface area contributed by atoms with E-state index < -0.39 is 20.9 Å². The third kappa shape index (κ3) is 3.33. The average molecular weight is 377 g/mol. The minimum absolute atomic E-state index is 0.0240. The maximum atomic E-state index is 11.3. The molecule has 9 heteroatoms. The van der Waals surface area contributed by atoms with E-state index >= 15 is 0 Å². The summed E-state index contributed by atoms with van der Waals surface area (Å²) in [7, 11) is 0. The molecule has 0 amide bonds. The van der Waals surface area contributed by atoms with Crippen LogP contribution in [0.3, 0.4) is 0 Å². The minimum Gasteiger partial charge on any atom is -0.259 e. The Morgan fingerprint density at radius 3 is 2.19 bits per heavy atom. The van der Waals surface area contributed by atoms with Gasteiger partial charge in [0.2, 0.25) is 0 Å². The fraction of sp³-hybridized carbons (Fsp3) is 0.571. The number of alkyl halides is 3. The number of H-pyrrole nitrogens is 2. The first-order valence-electron chi connectivity index (χ1n) is 4.17. The van der Waals surface area contributed by atoms with Gasteiger partial charge in [0.25, 0.3) is 0 Å². The summed E-state index contributed by atoms with van der Waals surface area (Å²) in [6, 6.07) is 0. The van der Waals surface area contributed by atoms with Crippen LogP contribution in [-0.4, -0.2) is 23.1 Å². The van der Waals surface area contributed by atoms with Gasteiger partial charge in [-0.1, -0.05) is 31.9 Å². The van der Waals surface area contributed by atoms with Crippen LogP contribution in [-0.2, 0) is 6.54 Å². The van der Waals surface area contributed by atoms with E-state index in [2.05, 4.69) is 31.9 Å². The van der Waals surface area contributed by atoms with Crippen LogP contribution in [0, 0.1) is 0 Å². The molecule has 0 bridgehead atoms. The first-order valence-corrected chi connectivity index (χ1v) is 6.26. The van der Waals surface area contributed by atoms with Crippen LogP contribution in [0.4, 0.5) is 0 Å². The maximum absolute atomic E-state index is 11.3. The van der Waals surface area contributed by atoms with Gasteiger partial charge in [-0.2, -0.15) is 0 Å². The summed E-state index contributed by atoms with van der Waals surface area (Å²) in [6.45, 7) is 1.69. The van der Waals surface area contributed by atoms with E-state index in [4.69, 9.17) is 11.6 Å². The SMILES string of the molecule is C[C@@](Cl)(Br)[C@@H](Br)Cn1c(=O)[nH]c(=O)[nH]c1=O. The molecule has 0 spiro atoms. The second-order valence-corrected chi connectivity index (χ2v) is 7.22. The van der Waals surface area contributed by atoms with Crippen molar-refractivity contribution in [2.75, 3.05) is 0 Å². The molecular formula is C7H8Br2ClN3O3. The molecule has 16 heavy (non-hydrogen) atoms. The molecule has 0 saturated heterocycles. The highest BCUT2D eigenvalue weighted by Crippen LogP contribution is 2.32. The Morgan fingerprint density at radius 2 is 1.81 bits per heavy atom. The molecule has 0 aliphatic heterocycles. The Kier molecular flexibility index (Phi) is 4.19. The van der Waals surface area contributed by atoms with E-state index in [-0.39, 0.29) is 11.4 Å². The summed E-state index contributed by atoms with van der Waals surface area (Å²) in [4.78, 5) is 37.0. The molecule has 0 aromatic carbocycles. The zero-order valence-electron chi connectivity index (χ0n) is 8.09. The van der Waals surface area contributed by atoms with Crippen LogP contribution in [0.5, 0.6) is 0 Å². The van der Waals surface area contributed by atoms with Crippen LogP contribution in [0.1, 0.15) is 6.92 Å². The van der Waals surface area contributed by atoms with Gasteiger partial charge in [0.15, 0.2) is 0 Å². The Bertz CT molecular complexity index is 507. The van der Waals surface area contributed by atoms with Gasteiger partial charge in [-0.3, -0.25) is 9.97 Å². The van der Waals surface area contributed by atoms with Crippen molar-refractivity contribution in [3.63, 3.8) is 0 Å². The van der Waals surface area contributed by atoms with Crippen molar-refractivity contribution in [2.45, 2.75) is 22.1 Å². The number of nitrogens with zero attached hydrogens (tertiary/aromatic N) is 1. The number of nitrogens with one attached hydrogen (secondary N) is 2. The van der Waals surface area contributed by atoms with E-state index in [0.29, 0.717) is 0 Å². The monoisotopic (exact) mass is 375 g/mol. The molecule has 1 aromatic heterocycles. The maximum Gasteiger partial charge on any atom is 0.333 e. The number of halogens is 3. The zero-order chi connectivity index (χ0) is 12.5. The molecule has 0 unspecified atom stereocenters. The minimum atomic E-state index is -0.829. The lowest BCUT2D eigenvalue weighted by Crippen LogP contribution is -2.46. The van der Waals surface area contributed by atoms with Crippen LogP contribution in [0.25, 0.3) is 0 Å². The third-order valence-corrected chi connectivity index (χ3v) is 4.72. The second kappa shape index (κ2) is 4.89. The second-order valence-electron chi connectivity index (χ2n) is 3.22. The van der Waals surface area contributed by atoms with Crippen LogP contribution >= 0.6 is 43.5 Å². The molecule has 0 radical (unpaired) electrons. The zero-order valence-corrected chi connectivity index (χ0v) is 12.0. The predicted molar refractivity (Wildman–Crippen MR) is 67.8 cm³/mol. The molecule has 1 aromatic rings. The summed E-state index contributed by atoms with van der Waals surface area (Å²) in [5.74, 6) is 0. The van der Waals surface area contributed by atoms with E-state index in [0.717, 1.165) is 4.57 Å². The highest BCUT2D eigenvalue weighted by Gasteiger charge is 2.27. The van der Waals surface area contributed by atoms with Crippen LogP contribution in [0.2, 0.25) is 0 Å². The van der Waals surface area contributed by atoms with Gasteiger partial charge in [-0.15, -0.1) is 11.6 Å². The van der Waals surface area contributed by atoms with Gasteiger partial charge < -0.3 is 0 Å². The number of hydrogen-bond acceptors (Lipinski definition) is 3. The van der Waals surface area contributed by atoms with Crippen molar-refractivity contribution in [3.8, 4) is 0 Å². The lowest BCUT2D eigenvalue weighted by molar-refractivity contribution is 0.570. The predicted octanol–water partition coefficient (Wildman–Crippen LogP) is 0.338. The van der Waals surface area contributed by atoms with E-state index in [9.17, 15) is 14.4 Å². The van der Waals surface area contributed by atoms with Gasteiger partial charge in [-0.25, -0.2) is 19.0 Å². The first kappa shape index (κ1) is 13.7. The summed E-state index contributed by atoms with van der Waals surface area (Å²) in [5, 5.41) is 0. The van der Waals surface area contributed by atoms with Gasteiger partial charge in [-0.05, 0) is 6.92 Å². The lowest BCUT2D eigenvalue weighted by Gasteiger charge is -2.20. The Balaban J connectivity index is 3.13. The van der Waals surface area contributed by atoms with Crippen molar-refractivity contribution in [3.05, 3.63) is 31.5 Å². The number of aromatic nitrogens is 3. The van der Waals surface area contributed by atoms with Crippen molar-refractivity contribution in [2.24, 2.45) is 0 Å². The van der Waals surface area contributed by atoms with Crippen molar-refractivity contribution in [1.29, 1.82) is 0 Å². The fourth-order valence-corrected chi connectivity index (χ4v) is 1.44. The van der Waals surface area contributed by atoms with Crippen LogP contribution < -0.4 is 17.1 Å². The van der Waals surface area contributed by atoms with Crippen molar-refractivity contribution in [1.82, 2.24) is 14.5 Å². The van der Waals surface area contributed by atoms with Gasteiger partial charge >= 0.3 is 17.1 Å². The topological polar surface area (TPSA) is 87.7 Å². The molecule has 0 fully saturated rings. The Hall–Kier alpha value is -0.340. The van der Waals surface area contributed by atoms with Crippen molar-refractivity contribution < 1.29 is 0 Å². The molecule has 90 valence electrons. The Labute approximate surface area is 111 Å². The molecule has 1 heterocycles. The summed E-state index contributed by atoms with van der Waals surface area (Å²) in [6.07, 6.45) is 0. The number of hydrogen-bond donors (Lipinski definition) is 2. The first-order chi connectivity index (χ1) is 7.21. The molecular weight excluding hydrogens is 369 g/mol. The van der Waals surface area contributed by atoms with Gasteiger partial charge in [0, 0.05) is 6.54 Å². The average Bonchev–Trinajstić information content (AvgIpc) is 2.08. The normalized spacial score (nSPS) is 16.8. The Morgan fingerprint density at radius 1 is 1.38 bits per heavy atom. The molecule has 0 aliphatic rings. The smallest absolute Gasteiger partial charge is 0.259 e. The fourth-order valence-electron chi connectivity index (χ4n) is 0.939. The summed E-state index contributed by atoms with van der Waals surface area (Å²) >= 11 is 12.4. The highest BCUT2D eigenvalue weighted by molar-refractivity contribution is 9.13.